The van der Waals surface area contributed by atoms with E-state index in [0.29, 0.717) is 5.17 Å². The highest BCUT2D eigenvalue weighted by atomic mass is 32.2. The van der Waals surface area contributed by atoms with Crippen molar-refractivity contribution >= 4 is 38.4 Å². The monoisotopic (exact) mass is 408 g/mol. The molecule has 3 fully saturated rings. The fourth-order valence-electron chi connectivity index (χ4n) is 4.14. The van der Waals surface area contributed by atoms with Gasteiger partial charge in [0.2, 0.25) is 0 Å². The number of hydrogen-bond donors (Lipinski definition) is 0. The van der Waals surface area contributed by atoms with Crippen LogP contribution in [0.4, 0.5) is 5.69 Å². The van der Waals surface area contributed by atoms with E-state index in [4.69, 9.17) is 4.74 Å². The highest BCUT2D eigenvalue weighted by Crippen LogP contribution is 2.41. The van der Waals surface area contributed by atoms with E-state index in [2.05, 4.69) is 4.99 Å². The largest absolute Gasteiger partial charge is 0.497 e. The van der Waals surface area contributed by atoms with Gasteiger partial charge in [0.1, 0.15) is 5.75 Å². The third kappa shape index (κ3) is 3.87. The minimum Gasteiger partial charge on any atom is -0.497 e. The summed E-state index contributed by atoms with van der Waals surface area (Å²) in [5.74, 6) is 0.934. The normalized spacial score (nSPS) is 29.1. The summed E-state index contributed by atoms with van der Waals surface area (Å²) in [5, 5.41) is 0.565. The van der Waals surface area contributed by atoms with E-state index in [1.54, 1.807) is 7.11 Å². The minimum absolute atomic E-state index is 0.00809. The van der Waals surface area contributed by atoms with Gasteiger partial charge in [0, 0.05) is 16.9 Å². The number of rotatable bonds is 3. The van der Waals surface area contributed by atoms with Crippen molar-refractivity contribution in [3.63, 3.8) is 0 Å². The second-order valence-corrected chi connectivity index (χ2v) is 10.8. The van der Waals surface area contributed by atoms with Crippen molar-refractivity contribution < 1.29 is 17.9 Å². The van der Waals surface area contributed by atoms with Crippen LogP contribution in [0.25, 0.3) is 0 Å². The summed E-state index contributed by atoms with van der Waals surface area (Å²) < 4.78 is 29.5. The lowest BCUT2D eigenvalue weighted by atomic mass is 9.89. The minimum atomic E-state index is -3.06. The predicted octanol–water partition coefficient (Wildman–Crippen LogP) is 2.88. The first-order chi connectivity index (χ1) is 13.0. The van der Waals surface area contributed by atoms with Gasteiger partial charge >= 0.3 is 0 Å². The molecule has 2 atom stereocenters. The summed E-state index contributed by atoms with van der Waals surface area (Å²) in [5.41, 5.74) is 0.850. The smallest absolute Gasteiger partial charge is 0.251 e. The lowest BCUT2D eigenvalue weighted by Gasteiger charge is -2.25. The van der Waals surface area contributed by atoms with E-state index in [1.165, 1.54) is 18.2 Å². The molecule has 1 aliphatic carbocycles. The molecular formula is C19H24N2O4S2. The number of ether oxygens (including phenoxy) is 1. The fourth-order valence-corrected chi connectivity index (χ4v) is 8.06. The van der Waals surface area contributed by atoms with Crippen LogP contribution in [0.15, 0.2) is 29.3 Å². The van der Waals surface area contributed by atoms with Crippen molar-refractivity contribution in [1.29, 1.82) is 0 Å². The first-order valence-electron chi connectivity index (χ1n) is 9.40. The first-order valence-corrected chi connectivity index (χ1v) is 12.1. The zero-order valence-electron chi connectivity index (χ0n) is 15.3. The number of sulfone groups is 1. The molecule has 1 saturated carbocycles. The van der Waals surface area contributed by atoms with Gasteiger partial charge in [-0.3, -0.25) is 4.79 Å². The Balaban J connectivity index is 1.64. The van der Waals surface area contributed by atoms with Crippen molar-refractivity contribution in [2.75, 3.05) is 23.5 Å². The first kappa shape index (κ1) is 18.8. The second kappa shape index (κ2) is 7.47. The summed E-state index contributed by atoms with van der Waals surface area (Å²) in [4.78, 5) is 19.1. The van der Waals surface area contributed by atoms with Crippen LogP contribution in [0.5, 0.6) is 5.75 Å². The molecule has 3 aliphatic rings. The molecule has 0 aromatic heterocycles. The van der Waals surface area contributed by atoms with Gasteiger partial charge < -0.3 is 9.64 Å². The average Bonchev–Trinajstić information content (AvgIpc) is 3.13. The summed E-state index contributed by atoms with van der Waals surface area (Å²) in [6.45, 7) is 0. The number of amides is 1. The number of methoxy groups -OCH3 is 1. The van der Waals surface area contributed by atoms with Crippen LogP contribution in [0.1, 0.15) is 32.1 Å². The molecule has 8 heteroatoms. The lowest BCUT2D eigenvalue weighted by Crippen LogP contribution is -2.38. The quantitative estimate of drug-likeness (QED) is 0.765. The zero-order chi connectivity index (χ0) is 19.0. The number of benzene rings is 1. The molecule has 146 valence electrons. The number of anilines is 1. The van der Waals surface area contributed by atoms with Gasteiger partial charge in [-0.1, -0.05) is 31.0 Å². The molecule has 2 aliphatic heterocycles. The molecule has 0 unspecified atom stereocenters. The Hall–Kier alpha value is -1.54. The Morgan fingerprint density at radius 3 is 2.52 bits per heavy atom. The maximum Gasteiger partial charge on any atom is 0.251 e. The summed E-state index contributed by atoms with van der Waals surface area (Å²) >= 11 is 1.43. The maximum absolute atomic E-state index is 12.7. The zero-order valence-corrected chi connectivity index (χ0v) is 17.0. The summed E-state index contributed by atoms with van der Waals surface area (Å²) in [6, 6.07) is 7.31. The lowest BCUT2D eigenvalue weighted by molar-refractivity contribution is -0.122. The topological polar surface area (TPSA) is 76.0 Å². The molecule has 1 aromatic carbocycles. The van der Waals surface area contributed by atoms with E-state index in [0.717, 1.165) is 37.1 Å². The third-order valence-electron chi connectivity index (χ3n) is 5.58. The summed E-state index contributed by atoms with van der Waals surface area (Å²) in [7, 11) is -1.45. The maximum atomic E-state index is 12.7. The van der Waals surface area contributed by atoms with Gasteiger partial charge in [-0.05, 0) is 37.1 Å². The van der Waals surface area contributed by atoms with Crippen molar-refractivity contribution in [1.82, 2.24) is 0 Å². The molecule has 0 N–H and O–H groups in total. The van der Waals surface area contributed by atoms with E-state index < -0.39 is 9.84 Å². The van der Waals surface area contributed by atoms with Gasteiger partial charge in [-0.25, -0.2) is 8.42 Å². The summed E-state index contributed by atoms with van der Waals surface area (Å²) in [6.07, 6.45) is 5.17. The van der Waals surface area contributed by atoms with Gasteiger partial charge in [0.25, 0.3) is 5.91 Å². The molecule has 6 nitrogen and oxygen atoms in total. The Morgan fingerprint density at radius 1 is 1.15 bits per heavy atom. The van der Waals surface area contributed by atoms with Crippen molar-refractivity contribution in [2.24, 2.45) is 10.9 Å². The Kier molecular flexibility index (Phi) is 5.20. The number of carbonyl (C=O) groups excluding carboxylic acids is 1. The highest BCUT2D eigenvalue weighted by molar-refractivity contribution is 8.16. The van der Waals surface area contributed by atoms with E-state index in [9.17, 15) is 13.2 Å². The predicted molar refractivity (Wildman–Crippen MR) is 108 cm³/mol. The van der Waals surface area contributed by atoms with Crippen molar-refractivity contribution in [3.8, 4) is 5.75 Å². The second-order valence-electron chi connectivity index (χ2n) is 7.44. The molecule has 0 radical (unpaired) electrons. The van der Waals surface area contributed by atoms with Crippen LogP contribution < -0.4 is 9.64 Å². The molecule has 0 spiro atoms. The van der Waals surface area contributed by atoms with E-state index >= 15 is 0 Å². The number of hydrogen-bond acceptors (Lipinski definition) is 5. The molecule has 0 bridgehead atoms. The molecule has 27 heavy (non-hydrogen) atoms. The van der Waals surface area contributed by atoms with Gasteiger partial charge in [0.05, 0.1) is 24.7 Å². The van der Waals surface area contributed by atoms with Gasteiger partial charge in [0.15, 0.2) is 15.0 Å². The molecule has 1 amide bonds. The Labute approximate surface area is 164 Å². The number of thioether (sulfide) groups is 1. The van der Waals surface area contributed by atoms with Crippen molar-refractivity contribution in [2.45, 2.75) is 43.4 Å². The van der Waals surface area contributed by atoms with Crippen LogP contribution in [-0.4, -0.2) is 49.4 Å². The van der Waals surface area contributed by atoms with Gasteiger partial charge in [-0.15, -0.1) is 0 Å². The third-order valence-corrected chi connectivity index (χ3v) is 8.79. The Bertz CT molecular complexity index is 845. The molecule has 1 aromatic rings. The number of aliphatic imine (C=N–C) groups is 1. The highest BCUT2D eigenvalue weighted by Gasteiger charge is 2.49. The number of amidine groups is 1. The molecular weight excluding hydrogens is 384 g/mol. The fraction of sp³-hybridized carbons (Fsp3) is 0.579. The molecule has 4 rings (SSSR count). The van der Waals surface area contributed by atoms with Crippen LogP contribution in [0.2, 0.25) is 0 Å². The molecule has 2 heterocycles. The van der Waals surface area contributed by atoms with E-state index in [1.807, 2.05) is 29.2 Å². The number of carbonyl (C=O) groups is 1. The van der Waals surface area contributed by atoms with Crippen LogP contribution in [0.3, 0.4) is 0 Å². The number of nitrogens with zero attached hydrogens (tertiary/aromatic N) is 2. The van der Waals surface area contributed by atoms with Gasteiger partial charge in [-0.2, -0.15) is 4.99 Å². The van der Waals surface area contributed by atoms with E-state index in [-0.39, 0.29) is 34.6 Å². The van der Waals surface area contributed by atoms with Crippen LogP contribution >= 0.6 is 11.8 Å². The average molecular weight is 409 g/mol. The Morgan fingerprint density at radius 2 is 1.85 bits per heavy atom. The van der Waals surface area contributed by atoms with Crippen molar-refractivity contribution in [3.05, 3.63) is 24.3 Å². The van der Waals surface area contributed by atoms with Crippen LogP contribution in [0, 0.1) is 5.92 Å². The number of fused-ring (bicyclic) bond motifs is 1. The molecule has 2 saturated heterocycles. The van der Waals surface area contributed by atoms with Crippen LogP contribution in [-0.2, 0) is 14.6 Å². The standard InChI is InChI=1S/C19H24N2O4S2/c1-25-15-9-7-14(8-10-15)21-16-11-27(23,24)12-17(16)26-19(21)20-18(22)13-5-3-2-4-6-13/h7-10,13,16-17H,2-6,11-12H2,1H3/t16-,17-/m1/s1. The SMILES string of the molecule is COc1ccc(N2C(=NC(=O)C3CCCCC3)S[C@@H]3CS(=O)(=O)C[C@H]32)cc1.